The largest absolute Gasteiger partial charge is 0.496 e. The lowest BCUT2D eigenvalue weighted by Crippen LogP contribution is -2.31. The third-order valence-corrected chi connectivity index (χ3v) is 4.17. The van der Waals surface area contributed by atoms with E-state index in [2.05, 4.69) is 21.2 Å². The highest BCUT2D eigenvalue weighted by molar-refractivity contribution is 9.10. The normalized spacial score (nSPS) is 11.5. The standard InChI is InChI=1S/C19H20BrNO4/c1-13(14-7-9-16(20)10-8-14)21-18(22)12-25-19(23)11-15-5-3-4-6-17(15)24-2/h3-10,13H,11-12H2,1-2H3,(H,21,22)/t13-/m0/s1. The molecule has 25 heavy (non-hydrogen) atoms. The van der Waals surface area contributed by atoms with E-state index in [1.54, 1.807) is 19.2 Å². The van der Waals surface area contributed by atoms with Gasteiger partial charge in [0.1, 0.15) is 5.75 Å². The van der Waals surface area contributed by atoms with Crippen LogP contribution in [0.5, 0.6) is 5.75 Å². The number of benzene rings is 2. The average Bonchev–Trinajstić information content (AvgIpc) is 2.61. The highest BCUT2D eigenvalue weighted by Gasteiger charge is 2.13. The van der Waals surface area contributed by atoms with Crippen LogP contribution in [0.3, 0.4) is 0 Å². The molecule has 1 atom stereocenters. The van der Waals surface area contributed by atoms with Gasteiger partial charge in [0.2, 0.25) is 0 Å². The molecule has 2 rings (SSSR count). The van der Waals surface area contributed by atoms with Crippen LogP contribution in [0.4, 0.5) is 0 Å². The maximum Gasteiger partial charge on any atom is 0.310 e. The van der Waals surface area contributed by atoms with Crippen molar-refractivity contribution in [3.8, 4) is 5.75 Å². The van der Waals surface area contributed by atoms with Gasteiger partial charge in [-0.3, -0.25) is 9.59 Å². The fourth-order valence-electron chi connectivity index (χ4n) is 2.32. The Morgan fingerprint density at radius 1 is 1.12 bits per heavy atom. The van der Waals surface area contributed by atoms with Gasteiger partial charge >= 0.3 is 5.97 Å². The molecule has 0 unspecified atom stereocenters. The van der Waals surface area contributed by atoms with E-state index in [1.807, 2.05) is 43.3 Å². The van der Waals surface area contributed by atoms with E-state index in [0.717, 1.165) is 15.6 Å². The molecule has 0 aromatic heterocycles. The lowest BCUT2D eigenvalue weighted by atomic mass is 10.1. The molecule has 0 fully saturated rings. The first-order valence-corrected chi connectivity index (χ1v) is 8.61. The smallest absolute Gasteiger partial charge is 0.310 e. The van der Waals surface area contributed by atoms with Crippen LogP contribution in [0, 0.1) is 0 Å². The zero-order valence-corrected chi connectivity index (χ0v) is 15.7. The first kappa shape index (κ1) is 19.0. The van der Waals surface area contributed by atoms with E-state index in [-0.39, 0.29) is 25.0 Å². The number of hydrogen-bond donors (Lipinski definition) is 1. The Hall–Kier alpha value is -2.34. The molecule has 6 heteroatoms. The monoisotopic (exact) mass is 405 g/mol. The predicted molar refractivity (Wildman–Crippen MR) is 98.4 cm³/mol. The summed E-state index contributed by atoms with van der Waals surface area (Å²) in [5.41, 5.74) is 1.69. The summed E-state index contributed by atoms with van der Waals surface area (Å²) in [6, 6.07) is 14.7. The third kappa shape index (κ3) is 5.90. The maximum absolute atomic E-state index is 12.0. The number of rotatable bonds is 7. The fraction of sp³-hybridized carbons (Fsp3) is 0.263. The van der Waals surface area contributed by atoms with Crippen molar-refractivity contribution in [1.29, 1.82) is 0 Å². The van der Waals surface area contributed by atoms with Crippen molar-refractivity contribution in [2.45, 2.75) is 19.4 Å². The zero-order valence-electron chi connectivity index (χ0n) is 14.1. The molecule has 0 radical (unpaired) electrons. The molecule has 2 aromatic rings. The molecule has 1 N–H and O–H groups in total. The summed E-state index contributed by atoms with van der Waals surface area (Å²) in [4.78, 5) is 23.9. The average molecular weight is 406 g/mol. The summed E-state index contributed by atoms with van der Waals surface area (Å²) in [6.45, 7) is 1.56. The number of nitrogens with one attached hydrogen (secondary N) is 1. The van der Waals surface area contributed by atoms with Gasteiger partial charge in [0.15, 0.2) is 6.61 Å². The highest BCUT2D eigenvalue weighted by atomic mass is 79.9. The molecule has 2 aromatic carbocycles. The molecule has 0 saturated carbocycles. The molecular formula is C19H20BrNO4. The second kappa shape index (κ2) is 9.22. The SMILES string of the molecule is COc1ccccc1CC(=O)OCC(=O)N[C@@H](C)c1ccc(Br)cc1. The van der Waals surface area contributed by atoms with Gasteiger partial charge in [-0.05, 0) is 30.7 Å². The van der Waals surface area contributed by atoms with Crippen molar-refractivity contribution in [2.75, 3.05) is 13.7 Å². The van der Waals surface area contributed by atoms with Crippen LogP contribution >= 0.6 is 15.9 Å². The molecule has 132 valence electrons. The van der Waals surface area contributed by atoms with Crippen LogP contribution in [-0.2, 0) is 20.7 Å². The Labute approximate surface area is 155 Å². The lowest BCUT2D eigenvalue weighted by Gasteiger charge is -2.14. The van der Waals surface area contributed by atoms with E-state index in [4.69, 9.17) is 9.47 Å². The summed E-state index contributed by atoms with van der Waals surface area (Å²) >= 11 is 3.37. The van der Waals surface area contributed by atoms with Crippen molar-refractivity contribution >= 4 is 27.8 Å². The van der Waals surface area contributed by atoms with Gasteiger partial charge in [0.25, 0.3) is 5.91 Å². The van der Waals surface area contributed by atoms with Crippen LogP contribution in [0.1, 0.15) is 24.1 Å². The molecule has 0 aliphatic heterocycles. The number of carbonyl (C=O) groups is 2. The van der Waals surface area contributed by atoms with Crippen LogP contribution in [0.2, 0.25) is 0 Å². The molecule has 0 aliphatic carbocycles. The van der Waals surface area contributed by atoms with E-state index in [1.165, 1.54) is 0 Å². The van der Waals surface area contributed by atoms with Gasteiger partial charge < -0.3 is 14.8 Å². The molecule has 1 amide bonds. The van der Waals surface area contributed by atoms with Crippen LogP contribution in [0.25, 0.3) is 0 Å². The Balaban J connectivity index is 1.81. The number of ether oxygens (including phenoxy) is 2. The van der Waals surface area contributed by atoms with Gasteiger partial charge in [-0.1, -0.05) is 46.3 Å². The van der Waals surface area contributed by atoms with Crippen molar-refractivity contribution in [1.82, 2.24) is 5.32 Å². The number of para-hydroxylation sites is 1. The Kier molecular flexibility index (Phi) is 7.01. The Morgan fingerprint density at radius 3 is 2.48 bits per heavy atom. The van der Waals surface area contributed by atoms with E-state index >= 15 is 0 Å². The Morgan fingerprint density at radius 2 is 1.80 bits per heavy atom. The molecule has 0 spiro atoms. The molecule has 0 aliphatic rings. The van der Waals surface area contributed by atoms with E-state index in [9.17, 15) is 9.59 Å². The van der Waals surface area contributed by atoms with Gasteiger partial charge in [0.05, 0.1) is 19.6 Å². The number of amides is 1. The van der Waals surface area contributed by atoms with Crippen LogP contribution in [0.15, 0.2) is 53.0 Å². The second-order valence-corrected chi connectivity index (χ2v) is 6.41. The first-order chi connectivity index (χ1) is 12.0. The first-order valence-electron chi connectivity index (χ1n) is 7.82. The molecule has 0 bridgehead atoms. The number of hydrogen-bond acceptors (Lipinski definition) is 4. The van der Waals surface area contributed by atoms with Gasteiger partial charge in [-0.2, -0.15) is 0 Å². The topological polar surface area (TPSA) is 64.6 Å². The van der Waals surface area contributed by atoms with Gasteiger partial charge in [0, 0.05) is 10.0 Å². The summed E-state index contributed by atoms with van der Waals surface area (Å²) in [6.07, 6.45) is 0.0551. The molecule has 0 heterocycles. The van der Waals surface area contributed by atoms with Crippen molar-refractivity contribution < 1.29 is 19.1 Å². The van der Waals surface area contributed by atoms with Crippen molar-refractivity contribution in [2.24, 2.45) is 0 Å². The van der Waals surface area contributed by atoms with Gasteiger partial charge in [-0.15, -0.1) is 0 Å². The van der Waals surface area contributed by atoms with E-state index in [0.29, 0.717) is 5.75 Å². The quantitative estimate of drug-likeness (QED) is 0.716. The maximum atomic E-state index is 12.0. The number of carbonyl (C=O) groups excluding carboxylic acids is 2. The molecule has 0 saturated heterocycles. The summed E-state index contributed by atoms with van der Waals surface area (Å²) in [5.74, 6) is -0.201. The van der Waals surface area contributed by atoms with E-state index < -0.39 is 5.97 Å². The van der Waals surface area contributed by atoms with Gasteiger partial charge in [-0.25, -0.2) is 0 Å². The summed E-state index contributed by atoms with van der Waals surface area (Å²) in [5, 5.41) is 2.80. The minimum absolute atomic E-state index is 0.0551. The summed E-state index contributed by atoms with van der Waals surface area (Å²) in [7, 11) is 1.54. The number of esters is 1. The second-order valence-electron chi connectivity index (χ2n) is 5.49. The van der Waals surface area contributed by atoms with Crippen molar-refractivity contribution in [3.05, 3.63) is 64.1 Å². The Bertz CT molecular complexity index is 730. The van der Waals surface area contributed by atoms with Crippen molar-refractivity contribution in [3.63, 3.8) is 0 Å². The minimum Gasteiger partial charge on any atom is -0.496 e. The predicted octanol–water partition coefficient (Wildman–Crippen LogP) is 3.42. The highest BCUT2D eigenvalue weighted by Crippen LogP contribution is 2.18. The third-order valence-electron chi connectivity index (χ3n) is 3.64. The van der Waals surface area contributed by atoms with Crippen LogP contribution in [-0.4, -0.2) is 25.6 Å². The molecular weight excluding hydrogens is 386 g/mol. The number of halogens is 1. The fourth-order valence-corrected chi connectivity index (χ4v) is 2.58. The number of methoxy groups -OCH3 is 1. The molecule has 5 nitrogen and oxygen atoms in total. The minimum atomic E-state index is -0.476. The lowest BCUT2D eigenvalue weighted by molar-refractivity contribution is -0.148. The summed E-state index contributed by atoms with van der Waals surface area (Å²) < 4.78 is 11.2. The van der Waals surface area contributed by atoms with Crippen LogP contribution < -0.4 is 10.1 Å². The zero-order chi connectivity index (χ0) is 18.2.